The van der Waals surface area contributed by atoms with E-state index in [1.807, 2.05) is 0 Å². The number of fused-ring (bicyclic) bond motifs is 1. The zero-order valence-corrected chi connectivity index (χ0v) is 14.9. The van der Waals surface area contributed by atoms with Crippen LogP contribution < -0.4 is 5.32 Å². The molecule has 0 amide bonds. The van der Waals surface area contributed by atoms with E-state index in [-0.39, 0.29) is 24.0 Å². The fraction of sp³-hybridized carbons (Fsp3) is 0.938. The van der Waals surface area contributed by atoms with Gasteiger partial charge in [-0.2, -0.15) is 0 Å². The number of nitrogens with zero attached hydrogens (tertiary/aromatic N) is 2. The van der Waals surface area contributed by atoms with Gasteiger partial charge in [-0.1, -0.05) is 13.3 Å². The molecular formula is C16H28IN3. The number of halogens is 1. The van der Waals surface area contributed by atoms with Crippen molar-refractivity contribution in [1.29, 1.82) is 0 Å². The minimum absolute atomic E-state index is 0. The average molecular weight is 389 g/mol. The molecular weight excluding hydrogens is 361 g/mol. The SMILES string of the molecule is CC1CCC2CN=C(NCC3CCC34CCC4)N2C1.I. The van der Waals surface area contributed by atoms with E-state index < -0.39 is 0 Å². The first-order chi connectivity index (χ1) is 9.27. The topological polar surface area (TPSA) is 27.6 Å². The minimum Gasteiger partial charge on any atom is -0.356 e. The summed E-state index contributed by atoms with van der Waals surface area (Å²) in [6.45, 7) is 5.80. The Morgan fingerprint density at radius 3 is 2.75 bits per heavy atom. The molecule has 114 valence electrons. The van der Waals surface area contributed by atoms with Gasteiger partial charge in [0.2, 0.25) is 0 Å². The van der Waals surface area contributed by atoms with Crippen LogP contribution in [0.5, 0.6) is 0 Å². The third kappa shape index (κ3) is 2.35. The maximum absolute atomic E-state index is 4.77. The molecule has 2 aliphatic carbocycles. The van der Waals surface area contributed by atoms with Gasteiger partial charge in [0.15, 0.2) is 5.96 Å². The lowest BCUT2D eigenvalue weighted by atomic mass is 9.50. The summed E-state index contributed by atoms with van der Waals surface area (Å²) >= 11 is 0. The van der Waals surface area contributed by atoms with Crippen LogP contribution in [0.25, 0.3) is 0 Å². The molecule has 1 spiro atoms. The van der Waals surface area contributed by atoms with Crippen molar-refractivity contribution in [2.24, 2.45) is 22.2 Å². The average Bonchev–Trinajstić information content (AvgIpc) is 2.69. The van der Waals surface area contributed by atoms with E-state index in [2.05, 4.69) is 17.1 Å². The molecule has 2 aliphatic heterocycles. The van der Waals surface area contributed by atoms with Crippen molar-refractivity contribution >= 4 is 29.9 Å². The zero-order chi connectivity index (χ0) is 12.9. The summed E-state index contributed by atoms with van der Waals surface area (Å²) in [6.07, 6.45) is 10.1. The number of rotatable bonds is 2. The van der Waals surface area contributed by atoms with Crippen LogP contribution in [0, 0.1) is 17.3 Å². The molecule has 4 rings (SSSR count). The van der Waals surface area contributed by atoms with E-state index >= 15 is 0 Å². The smallest absolute Gasteiger partial charge is 0.194 e. The summed E-state index contributed by atoms with van der Waals surface area (Å²) in [7, 11) is 0. The lowest BCUT2D eigenvalue weighted by molar-refractivity contribution is -0.0455. The van der Waals surface area contributed by atoms with Crippen LogP contribution in [0.1, 0.15) is 51.9 Å². The predicted octanol–water partition coefficient (Wildman–Crippen LogP) is 3.24. The molecule has 2 heterocycles. The van der Waals surface area contributed by atoms with Crippen LogP contribution in [0.4, 0.5) is 0 Å². The number of nitrogens with one attached hydrogen (secondary N) is 1. The third-order valence-corrected chi connectivity index (χ3v) is 6.38. The molecule has 0 aromatic carbocycles. The first-order valence-electron chi connectivity index (χ1n) is 8.32. The normalized spacial score (nSPS) is 37.4. The fourth-order valence-corrected chi connectivity index (χ4v) is 4.68. The van der Waals surface area contributed by atoms with Crippen molar-refractivity contribution in [2.45, 2.75) is 57.9 Å². The van der Waals surface area contributed by atoms with Gasteiger partial charge in [0.1, 0.15) is 0 Å². The number of hydrogen-bond acceptors (Lipinski definition) is 3. The standard InChI is InChI=1S/C16H27N3.HI/c1-12-3-4-14-10-18-15(19(14)11-12)17-9-13-5-8-16(13)6-2-7-16;/h12-14H,2-11H2,1H3,(H,17,18);1H. The van der Waals surface area contributed by atoms with Crippen molar-refractivity contribution in [3.8, 4) is 0 Å². The van der Waals surface area contributed by atoms with Gasteiger partial charge in [-0.3, -0.25) is 4.99 Å². The molecule has 4 aliphatic rings. The lowest BCUT2D eigenvalue weighted by Gasteiger charge is -2.56. The molecule has 0 aromatic rings. The van der Waals surface area contributed by atoms with Crippen LogP contribution in [-0.2, 0) is 0 Å². The lowest BCUT2D eigenvalue weighted by Crippen LogP contribution is -2.53. The van der Waals surface area contributed by atoms with E-state index in [4.69, 9.17) is 4.99 Å². The van der Waals surface area contributed by atoms with Crippen LogP contribution in [-0.4, -0.2) is 36.5 Å². The third-order valence-electron chi connectivity index (χ3n) is 6.38. The number of aliphatic imine (C=N–C) groups is 1. The molecule has 1 N–H and O–H groups in total. The Kier molecular flexibility index (Phi) is 4.22. The van der Waals surface area contributed by atoms with E-state index in [0.29, 0.717) is 6.04 Å². The summed E-state index contributed by atoms with van der Waals surface area (Å²) in [5.41, 5.74) is 0.765. The van der Waals surface area contributed by atoms with Crippen molar-refractivity contribution in [1.82, 2.24) is 10.2 Å². The number of hydrogen-bond donors (Lipinski definition) is 1. The monoisotopic (exact) mass is 389 g/mol. The largest absolute Gasteiger partial charge is 0.356 e. The Morgan fingerprint density at radius 1 is 1.25 bits per heavy atom. The van der Waals surface area contributed by atoms with Gasteiger partial charge in [0, 0.05) is 13.1 Å². The Hall–Kier alpha value is 0. The first-order valence-corrected chi connectivity index (χ1v) is 8.32. The quantitative estimate of drug-likeness (QED) is 0.735. The summed E-state index contributed by atoms with van der Waals surface area (Å²) < 4.78 is 0. The molecule has 3 atom stereocenters. The first kappa shape index (κ1) is 14.9. The number of piperidine rings is 1. The highest BCUT2D eigenvalue weighted by molar-refractivity contribution is 14.0. The molecule has 3 nitrogen and oxygen atoms in total. The van der Waals surface area contributed by atoms with Crippen molar-refractivity contribution in [2.75, 3.05) is 19.6 Å². The second-order valence-electron chi connectivity index (χ2n) is 7.49. The van der Waals surface area contributed by atoms with Crippen LogP contribution in [0.2, 0.25) is 0 Å². The molecule has 0 radical (unpaired) electrons. The fourth-order valence-electron chi connectivity index (χ4n) is 4.68. The zero-order valence-electron chi connectivity index (χ0n) is 12.6. The second kappa shape index (κ2) is 5.65. The van der Waals surface area contributed by atoms with Crippen molar-refractivity contribution in [3.63, 3.8) is 0 Å². The van der Waals surface area contributed by atoms with E-state index in [1.165, 1.54) is 64.0 Å². The molecule has 1 saturated heterocycles. The predicted molar refractivity (Wildman–Crippen MR) is 93.6 cm³/mol. The van der Waals surface area contributed by atoms with Gasteiger partial charge in [-0.05, 0) is 55.8 Å². The molecule has 0 aromatic heterocycles. The van der Waals surface area contributed by atoms with Gasteiger partial charge in [0.05, 0.1) is 12.6 Å². The van der Waals surface area contributed by atoms with Gasteiger partial charge in [0.25, 0.3) is 0 Å². The summed E-state index contributed by atoms with van der Waals surface area (Å²) in [4.78, 5) is 7.32. The Bertz CT molecular complexity index is 386. The summed E-state index contributed by atoms with van der Waals surface area (Å²) in [5.74, 6) is 2.99. The highest BCUT2D eigenvalue weighted by atomic mass is 127. The summed E-state index contributed by atoms with van der Waals surface area (Å²) in [5, 5.41) is 3.70. The highest BCUT2D eigenvalue weighted by Crippen LogP contribution is 2.59. The van der Waals surface area contributed by atoms with Crippen molar-refractivity contribution < 1.29 is 0 Å². The Labute approximate surface area is 140 Å². The van der Waals surface area contributed by atoms with Gasteiger partial charge in [-0.25, -0.2) is 0 Å². The van der Waals surface area contributed by atoms with Crippen LogP contribution >= 0.6 is 24.0 Å². The minimum atomic E-state index is 0. The maximum Gasteiger partial charge on any atom is 0.194 e. The maximum atomic E-state index is 4.77. The van der Waals surface area contributed by atoms with Gasteiger partial charge in [-0.15, -0.1) is 24.0 Å². The van der Waals surface area contributed by atoms with Crippen LogP contribution in [0.3, 0.4) is 0 Å². The van der Waals surface area contributed by atoms with Gasteiger partial charge < -0.3 is 10.2 Å². The highest BCUT2D eigenvalue weighted by Gasteiger charge is 2.50. The molecule has 0 bridgehead atoms. The number of guanidine groups is 1. The Morgan fingerprint density at radius 2 is 2.10 bits per heavy atom. The van der Waals surface area contributed by atoms with Crippen molar-refractivity contribution in [3.05, 3.63) is 0 Å². The van der Waals surface area contributed by atoms with E-state index in [1.54, 1.807) is 0 Å². The molecule has 3 fully saturated rings. The molecule has 2 saturated carbocycles. The van der Waals surface area contributed by atoms with E-state index in [9.17, 15) is 0 Å². The molecule has 3 unspecified atom stereocenters. The second-order valence-corrected chi connectivity index (χ2v) is 7.49. The van der Waals surface area contributed by atoms with Gasteiger partial charge >= 0.3 is 0 Å². The molecule has 4 heteroatoms. The molecule has 20 heavy (non-hydrogen) atoms. The summed E-state index contributed by atoms with van der Waals surface area (Å²) in [6, 6.07) is 0.706. The van der Waals surface area contributed by atoms with E-state index in [0.717, 1.165) is 23.8 Å². The Balaban J connectivity index is 0.00000121. The van der Waals surface area contributed by atoms with Crippen LogP contribution in [0.15, 0.2) is 4.99 Å².